The number of carbonyl (C=O) groups excluding carboxylic acids is 3. The maximum atomic E-state index is 13.5. The second-order valence-corrected chi connectivity index (χ2v) is 17.4. The molecule has 0 aliphatic heterocycles. The van der Waals surface area contributed by atoms with E-state index in [1.807, 2.05) is 52.0 Å². The molecule has 0 saturated carbocycles. The Morgan fingerprint density at radius 1 is 0.632 bits per heavy atom. The summed E-state index contributed by atoms with van der Waals surface area (Å²) in [5.74, 6) is -2.74. The van der Waals surface area contributed by atoms with Crippen LogP contribution in [0.5, 0.6) is 0 Å². The summed E-state index contributed by atoms with van der Waals surface area (Å²) in [5, 5.41) is 17.2. The number of nitrogens with zero attached hydrogens (tertiary/aromatic N) is 6. The maximum Gasteiger partial charge on any atom is 0.361 e. The molecule has 0 aliphatic carbocycles. The van der Waals surface area contributed by atoms with Gasteiger partial charge < -0.3 is 30.0 Å². The fourth-order valence-corrected chi connectivity index (χ4v) is 8.38. The van der Waals surface area contributed by atoms with Crippen LogP contribution in [0.4, 0.5) is 11.4 Å². The number of carbonyl (C=O) groups is 4. The van der Waals surface area contributed by atoms with Gasteiger partial charge in [-0.25, -0.2) is 29.1 Å². The van der Waals surface area contributed by atoms with Crippen molar-refractivity contribution >= 4 is 68.4 Å². The van der Waals surface area contributed by atoms with Gasteiger partial charge in [-0.05, 0) is 107 Å². The number of esters is 3. The molecule has 68 heavy (non-hydrogen) atoms. The van der Waals surface area contributed by atoms with Crippen LogP contribution < -0.4 is 21.8 Å². The highest BCUT2D eigenvalue weighted by Gasteiger charge is 2.27. The first-order valence-corrected chi connectivity index (χ1v) is 21.5. The number of methoxy groups -OCH3 is 2. The Morgan fingerprint density at radius 3 is 1.43 bits per heavy atom. The van der Waals surface area contributed by atoms with Gasteiger partial charge in [0.1, 0.15) is 18.3 Å². The lowest BCUT2D eigenvalue weighted by Gasteiger charge is -2.21. The van der Waals surface area contributed by atoms with E-state index in [4.69, 9.17) is 14.2 Å². The van der Waals surface area contributed by atoms with Crippen molar-refractivity contribution in [2.24, 2.45) is 14.1 Å². The SMILES string of the molecule is COC(=O)c1ccccc1NC(C)c1cc(C)cc2c(=O)n(C)c3c(C(=O)O)ncn3c12.COC(=O)c1ccccc1NC(C)c1cc(C)cc2c(=O)n(C)c3c(C(=O)OC(C)(C)C)ncn3c12. The topological polar surface area (TPSA) is 219 Å². The number of aromatic nitrogens is 6. The molecule has 0 saturated heterocycles. The molecule has 4 aromatic heterocycles. The number of ether oxygens (including phenoxy) is 3. The molecular weight excluding hydrogens is 873 g/mol. The molecule has 8 aromatic rings. The summed E-state index contributed by atoms with van der Waals surface area (Å²) in [4.78, 5) is 84.0. The molecule has 0 aliphatic rings. The number of aromatic carboxylic acids is 1. The van der Waals surface area contributed by atoms with Gasteiger partial charge in [-0.3, -0.25) is 27.5 Å². The van der Waals surface area contributed by atoms with Crippen LogP contribution in [0.25, 0.3) is 33.1 Å². The van der Waals surface area contributed by atoms with Gasteiger partial charge in [-0.15, -0.1) is 0 Å². The summed E-state index contributed by atoms with van der Waals surface area (Å²) in [6.45, 7) is 13.0. The Kier molecular flexibility index (Phi) is 13.0. The van der Waals surface area contributed by atoms with Crippen LogP contribution in [-0.4, -0.2) is 76.7 Å². The number of nitrogens with one attached hydrogen (secondary N) is 2. The zero-order valence-electron chi connectivity index (χ0n) is 39.5. The van der Waals surface area contributed by atoms with Crippen LogP contribution in [0.1, 0.15) is 111 Å². The highest BCUT2D eigenvalue weighted by Crippen LogP contribution is 2.32. The molecule has 0 fully saturated rings. The van der Waals surface area contributed by atoms with Gasteiger partial charge in [-0.2, -0.15) is 0 Å². The molecule has 0 bridgehead atoms. The van der Waals surface area contributed by atoms with Crippen molar-refractivity contribution in [1.82, 2.24) is 27.9 Å². The van der Waals surface area contributed by atoms with Crippen molar-refractivity contribution in [3.05, 3.63) is 151 Å². The quantitative estimate of drug-likeness (QED) is 0.0891. The summed E-state index contributed by atoms with van der Waals surface area (Å²) in [7, 11) is 5.80. The number of fused-ring (bicyclic) bond motifs is 6. The third-order valence-electron chi connectivity index (χ3n) is 11.4. The average molecular weight is 925 g/mol. The number of imidazole rings is 2. The van der Waals surface area contributed by atoms with Crippen molar-refractivity contribution in [3.63, 3.8) is 0 Å². The number of rotatable bonds is 10. The van der Waals surface area contributed by atoms with Gasteiger partial charge in [0.05, 0.1) is 59.2 Å². The minimum Gasteiger partial charge on any atom is -0.476 e. The van der Waals surface area contributed by atoms with Crippen molar-refractivity contribution in [1.29, 1.82) is 0 Å². The second-order valence-electron chi connectivity index (χ2n) is 17.4. The standard InChI is InChI=1S/C27H30N4O5.C23H22N4O5/c1-15-12-18(16(2)29-20-11-9-8-10-17(20)25(33)35-7)22-19(13-15)24(32)30(6)23-21(28-14-31(22)23)26(34)36-27(3,4)5;1-12-9-15(13(2)25-17-8-6-5-7-14(17)23(31)32-4)19-16(10-12)21(28)26(3)20-18(22(29)30)24-11-27(19)20/h8-14,16,29H,1-7H3;5-11,13,25H,1-4H3,(H,29,30). The molecule has 0 radical (unpaired) electrons. The zero-order valence-corrected chi connectivity index (χ0v) is 39.5. The van der Waals surface area contributed by atoms with Crippen LogP contribution >= 0.6 is 0 Å². The third kappa shape index (κ3) is 8.87. The van der Waals surface area contributed by atoms with Crippen LogP contribution in [-0.2, 0) is 28.3 Å². The Hall–Kier alpha value is -8.28. The highest BCUT2D eigenvalue weighted by atomic mass is 16.6. The van der Waals surface area contributed by atoms with E-state index >= 15 is 0 Å². The molecule has 18 heteroatoms. The van der Waals surface area contributed by atoms with Crippen molar-refractivity contribution in [2.75, 3.05) is 24.9 Å². The molecule has 0 spiro atoms. The summed E-state index contributed by atoms with van der Waals surface area (Å²) >= 11 is 0. The van der Waals surface area contributed by atoms with Crippen molar-refractivity contribution in [2.45, 2.75) is 66.2 Å². The molecule has 352 valence electrons. The van der Waals surface area contributed by atoms with E-state index in [-0.39, 0.29) is 40.2 Å². The lowest BCUT2D eigenvalue weighted by atomic mass is 10.00. The molecular formula is C50H52N8O10. The monoisotopic (exact) mass is 924 g/mol. The van der Waals surface area contributed by atoms with Gasteiger partial charge in [0.25, 0.3) is 11.1 Å². The van der Waals surface area contributed by atoms with E-state index < -0.39 is 29.5 Å². The summed E-state index contributed by atoms with van der Waals surface area (Å²) < 4.78 is 21.4. The summed E-state index contributed by atoms with van der Waals surface area (Å²) in [5.41, 5.74) is 5.61. The predicted octanol–water partition coefficient (Wildman–Crippen LogP) is 7.56. The van der Waals surface area contributed by atoms with Crippen LogP contribution in [0.3, 0.4) is 0 Å². The van der Waals surface area contributed by atoms with Gasteiger partial charge in [0, 0.05) is 25.5 Å². The van der Waals surface area contributed by atoms with E-state index in [2.05, 4.69) is 20.6 Å². The minimum absolute atomic E-state index is 0.0644. The fourth-order valence-electron chi connectivity index (χ4n) is 8.38. The van der Waals surface area contributed by atoms with Crippen molar-refractivity contribution < 1.29 is 38.5 Å². The molecule has 4 aromatic carbocycles. The zero-order chi connectivity index (χ0) is 49.5. The Bertz CT molecular complexity index is 3470. The first-order chi connectivity index (χ1) is 32.2. The molecule has 4 heterocycles. The van der Waals surface area contributed by atoms with Gasteiger partial charge >= 0.3 is 23.9 Å². The molecule has 3 N–H and O–H groups in total. The smallest absolute Gasteiger partial charge is 0.361 e. The van der Waals surface area contributed by atoms with Crippen LogP contribution in [0.15, 0.2) is 95.0 Å². The third-order valence-corrected chi connectivity index (χ3v) is 11.4. The average Bonchev–Trinajstić information content (AvgIpc) is 3.95. The van der Waals surface area contributed by atoms with Gasteiger partial charge in [-0.1, -0.05) is 36.4 Å². The first kappa shape index (κ1) is 47.7. The Labute approximate surface area is 389 Å². The number of carboxylic acids is 1. The molecule has 8 rings (SSSR count). The molecule has 0 amide bonds. The summed E-state index contributed by atoms with van der Waals surface area (Å²) in [6.07, 6.45) is 2.94. The van der Waals surface area contributed by atoms with Crippen LogP contribution in [0, 0.1) is 13.8 Å². The van der Waals surface area contributed by atoms with Gasteiger partial charge in [0.2, 0.25) is 0 Å². The van der Waals surface area contributed by atoms with Gasteiger partial charge in [0.15, 0.2) is 22.7 Å². The number of para-hydroxylation sites is 2. The highest BCUT2D eigenvalue weighted by molar-refractivity contribution is 5.99. The predicted molar refractivity (Wildman–Crippen MR) is 257 cm³/mol. The Morgan fingerprint density at radius 2 is 1.03 bits per heavy atom. The van der Waals surface area contributed by atoms with E-state index in [1.165, 1.54) is 43.1 Å². The van der Waals surface area contributed by atoms with E-state index in [1.54, 1.807) is 85.2 Å². The summed E-state index contributed by atoms with van der Waals surface area (Å²) in [6, 6.07) is 20.9. The molecule has 2 atom stereocenters. The van der Waals surface area contributed by atoms with Crippen molar-refractivity contribution in [3.8, 4) is 0 Å². The molecule has 2 unspecified atom stereocenters. The number of hydrogen-bond donors (Lipinski definition) is 3. The number of benzene rings is 4. The normalized spacial score (nSPS) is 12.3. The van der Waals surface area contributed by atoms with Crippen LogP contribution in [0.2, 0.25) is 0 Å². The van der Waals surface area contributed by atoms with E-state index in [0.29, 0.717) is 50.0 Å². The fraction of sp³-hybridized carbons (Fsp3) is 0.280. The number of carboxylic acid groups (broad SMARTS) is 1. The number of aryl methyl sites for hydroxylation is 4. The number of hydrogen-bond acceptors (Lipinski definition) is 13. The van der Waals surface area contributed by atoms with E-state index in [0.717, 1.165) is 22.3 Å². The molecule has 18 nitrogen and oxygen atoms in total. The lowest BCUT2D eigenvalue weighted by Crippen LogP contribution is -2.26. The first-order valence-electron chi connectivity index (χ1n) is 21.5. The largest absolute Gasteiger partial charge is 0.476 e. The minimum atomic E-state index is -1.21. The Balaban J connectivity index is 0.000000203. The maximum absolute atomic E-state index is 13.5. The lowest BCUT2D eigenvalue weighted by molar-refractivity contribution is 0.00646. The van der Waals surface area contributed by atoms with E-state index in [9.17, 15) is 33.9 Å². The number of anilines is 2. The second kappa shape index (κ2) is 18.5.